The van der Waals surface area contributed by atoms with Gasteiger partial charge in [0, 0.05) is 25.7 Å². The Hall–Kier alpha value is -3.32. The van der Waals surface area contributed by atoms with Gasteiger partial charge in [-0.05, 0) is 122 Å². The van der Waals surface area contributed by atoms with Crippen LogP contribution in [0.2, 0.25) is 0 Å². The third-order valence-electron chi connectivity index (χ3n) is 10.9. The number of aromatic hydroxyl groups is 4. The summed E-state index contributed by atoms with van der Waals surface area (Å²) in [7, 11) is -14.8. The van der Waals surface area contributed by atoms with Crippen LogP contribution in [-0.4, -0.2) is 73.3 Å². The highest BCUT2D eigenvalue weighted by Gasteiger charge is 2.31. The first kappa shape index (κ1) is 55.6. The van der Waals surface area contributed by atoms with Gasteiger partial charge in [0.1, 0.15) is 23.0 Å². The van der Waals surface area contributed by atoms with Crippen LogP contribution in [0.5, 0.6) is 23.0 Å². The topological polar surface area (TPSA) is 223 Å². The number of fused-ring (bicyclic) bond motifs is 8. The maximum Gasteiger partial charge on any atom is 0.335 e. The lowest BCUT2D eigenvalue weighted by atomic mass is 9.89. The zero-order chi connectivity index (χ0) is 49.9. The van der Waals surface area contributed by atoms with Gasteiger partial charge in [-0.15, -0.1) is 0 Å². The largest absolute Gasteiger partial charge is 0.507 e. The van der Waals surface area contributed by atoms with Crippen molar-refractivity contribution in [1.82, 2.24) is 0 Å². The SMILES string of the molecule is CCOP(=O)(Cc1cc2c(O)c(c1)Cc1cc(CP(=O)(OCC)OCC)cc(c1O)Cc1cc(CP(=O)(OCC)OCC)cc(c1O)Cc1cc(CP(=O)(OCC)OCC)cc(c1O)C2)OCC. The third kappa shape index (κ3) is 14.4. The molecule has 4 N–H and O–H groups in total. The lowest BCUT2D eigenvalue weighted by molar-refractivity contribution is 0.218. The quantitative estimate of drug-likeness (QED) is 0.0422. The van der Waals surface area contributed by atoms with Crippen LogP contribution >= 0.6 is 30.4 Å². The van der Waals surface area contributed by atoms with Gasteiger partial charge in [0.25, 0.3) is 0 Å². The fourth-order valence-electron chi connectivity index (χ4n) is 8.57. The standard InChI is InChI=1S/C48H68O16P4/c1-9-57-65(53,58-10-2)29-33-17-37-25-39-19-34(30-66(54,59-11-3)60-12-4)21-41(46(39)50)27-43-23-36(32-68(56,63-15-7)64-16-8)24-44(48(43)52)28-42-22-35(31-67(55,61-13-5)62-14-6)20-40(47(42)51)26-38(18-33)45(37)49/h17-24,49-52H,9-16,25-32H2,1-8H3. The van der Waals surface area contributed by atoms with Crippen molar-refractivity contribution in [3.05, 3.63) is 115 Å². The summed E-state index contributed by atoms with van der Waals surface area (Å²) < 4.78 is 101. The number of hydrogen-bond acceptors (Lipinski definition) is 16. The smallest absolute Gasteiger partial charge is 0.335 e. The van der Waals surface area contributed by atoms with Crippen molar-refractivity contribution in [1.29, 1.82) is 0 Å². The summed E-state index contributed by atoms with van der Waals surface area (Å²) in [5.41, 5.74) is 4.37. The molecule has 0 heterocycles. The number of phenolic OH excluding ortho intramolecular Hbond substituents is 4. The molecule has 0 fully saturated rings. The molecule has 8 bridgehead atoms. The number of rotatable bonds is 24. The molecule has 0 spiro atoms. The van der Waals surface area contributed by atoms with Crippen molar-refractivity contribution in [3.63, 3.8) is 0 Å². The second-order valence-electron chi connectivity index (χ2n) is 16.2. The number of hydrogen-bond donors (Lipinski definition) is 4. The number of phenols is 4. The second-order valence-corrected chi connectivity index (χ2v) is 24.4. The van der Waals surface area contributed by atoms with E-state index in [2.05, 4.69) is 0 Å². The highest BCUT2D eigenvalue weighted by molar-refractivity contribution is 7.53. The fraction of sp³-hybridized carbons (Fsp3) is 0.500. The van der Waals surface area contributed by atoms with Crippen LogP contribution in [0.25, 0.3) is 0 Å². The lowest BCUT2D eigenvalue weighted by Gasteiger charge is -2.23. The van der Waals surface area contributed by atoms with E-state index in [1.807, 2.05) is 0 Å². The van der Waals surface area contributed by atoms with Crippen LogP contribution in [0.1, 0.15) is 122 Å². The molecule has 1 aliphatic carbocycles. The molecule has 16 nitrogen and oxygen atoms in total. The summed E-state index contributed by atoms with van der Waals surface area (Å²) in [4.78, 5) is 0. The monoisotopic (exact) mass is 1020 g/mol. The maximum atomic E-state index is 14.0. The predicted molar refractivity (Wildman–Crippen MR) is 262 cm³/mol. The Morgan fingerprint density at radius 3 is 0.559 bits per heavy atom. The first-order chi connectivity index (χ1) is 32.3. The molecular formula is C48H68O16P4. The normalized spacial score (nSPS) is 13.5. The molecule has 4 aromatic rings. The van der Waals surface area contributed by atoms with Gasteiger partial charge in [-0.25, -0.2) is 0 Å². The van der Waals surface area contributed by atoms with Crippen molar-refractivity contribution >= 4 is 30.4 Å². The summed E-state index contributed by atoms with van der Waals surface area (Å²) in [6.45, 7) is 14.5. The van der Waals surface area contributed by atoms with Crippen molar-refractivity contribution in [2.24, 2.45) is 0 Å². The zero-order valence-corrected chi connectivity index (χ0v) is 44.0. The van der Waals surface area contributed by atoms with Crippen LogP contribution in [-0.2, 0) is 105 Å². The molecule has 376 valence electrons. The van der Waals surface area contributed by atoms with Gasteiger partial charge in [0.15, 0.2) is 0 Å². The van der Waals surface area contributed by atoms with E-state index >= 15 is 0 Å². The molecule has 0 aromatic heterocycles. The Balaban J connectivity index is 1.86. The first-order valence-corrected chi connectivity index (χ1v) is 30.1. The summed E-state index contributed by atoms with van der Waals surface area (Å²) in [6, 6.07) is 13.2. The van der Waals surface area contributed by atoms with Gasteiger partial charge in [-0.1, -0.05) is 48.5 Å². The molecule has 0 aliphatic heterocycles. The Morgan fingerprint density at radius 1 is 0.309 bits per heavy atom. The van der Waals surface area contributed by atoms with E-state index in [9.17, 15) is 38.7 Å². The van der Waals surface area contributed by atoms with E-state index in [4.69, 9.17) is 36.2 Å². The highest BCUT2D eigenvalue weighted by Crippen LogP contribution is 2.55. The van der Waals surface area contributed by atoms with Crippen molar-refractivity contribution in [3.8, 4) is 23.0 Å². The van der Waals surface area contributed by atoms with Crippen molar-refractivity contribution in [2.45, 2.75) is 106 Å². The Kier molecular flexibility index (Phi) is 20.2. The molecule has 4 aromatic carbocycles. The highest BCUT2D eigenvalue weighted by atomic mass is 31.2. The first-order valence-electron chi connectivity index (χ1n) is 23.2. The summed E-state index contributed by atoms with van der Waals surface area (Å²) in [5.74, 6) is -0.702. The Bertz CT molecular complexity index is 2100. The van der Waals surface area contributed by atoms with E-state index in [0.29, 0.717) is 66.8 Å². The van der Waals surface area contributed by atoms with Gasteiger partial charge in [-0.2, -0.15) is 0 Å². The van der Waals surface area contributed by atoms with Crippen molar-refractivity contribution in [2.75, 3.05) is 52.9 Å². The molecule has 0 atom stereocenters. The second kappa shape index (κ2) is 24.7. The molecule has 1 aliphatic rings. The molecule has 0 amide bonds. The fourth-order valence-corrected chi connectivity index (χ4v) is 15.3. The zero-order valence-electron chi connectivity index (χ0n) is 40.4. The molecule has 0 radical (unpaired) electrons. The minimum Gasteiger partial charge on any atom is -0.507 e. The molecule has 5 rings (SSSR count). The average Bonchev–Trinajstić information content (AvgIpc) is 3.24. The Morgan fingerprint density at radius 2 is 0.441 bits per heavy atom. The van der Waals surface area contributed by atoms with Crippen molar-refractivity contribution < 1.29 is 74.9 Å². The average molecular weight is 1020 g/mol. The van der Waals surface area contributed by atoms with Crippen LogP contribution in [0.15, 0.2) is 48.5 Å². The van der Waals surface area contributed by atoms with Crippen LogP contribution in [0, 0.1) is 0 Å². The Labute approximate surface area is 400 Å². The molecule has 20 heteroatoms. The van der Waals surface area contributed by atoms with E-state index in [0.717, 1.165) is 0 Å². The van der Waals surface area contributed by atoms with Gasteiger partial charge < -0.3 is 56.6 Å². The van der Waals surface area contributed by atoms with Gasteiger partial charge in [0.05, 0.1) is 77.5 Å². The van der Waals surface area contributed by atoms with E-state index in [1.165, 1.54) is 0 Å². The summed E-state index contributed by atoms with van der Waals surface area (Å²) >= 11 is 0. The molecule has 0 unspecified atom stereocenters. The summed E-state index contributed by atoms with van der Waals surface area (Å²) in [5, 5.41) is 48.9. The molecule has 0 saturated carbocycles. The van der Waals surface area contributed by atoms with Gasteiger partial charge in [0.2, 0.25) is 0 Å². The number of benzene rings is 4. The molecular weight excluding hydrogens is 956 g/mol. The van der Waals surface area contributed by atoms with Crippen LogP contribution < -0.4 is 0 Å². The molecule has 0 saturated heterocycles. The van der Waals surface area contributed by atoms with Crippen LogP contribution in [0.4, 0.5) is 0 Å². The predicted octanol–water partition coefficient (Wildman–Crippen LogP) is 12.2. The van der Waals surface area contributed by atoms with Gasteiger partial charge >= 0.3 is 30.4 Å². The van der Waals surface area contributed by atoms with Crippen LogP contribution in [0.3, 0.4) is 0 Å². The van der Waals surface area contributed by atoms with Gasteiger partial charge in [-0.3, -0.25) is 18.3 Å². The summed E-state index contributed by atoms with van der Waals surface area (Å²) in [6.07, 6.45) is -1.10. The van der Waals surface area contributed by atoms with E-state index in [1.54, 1.807) is 104 Å². The van der Waals surface area contributed by atoms with E-state index < -0.39 is 30.4 Å². The minimum atomic E-state index is -3.71. The lowest BCUT2D eigenvalue weighted by Crippen LogP contribution is -2.06. The van der Waals surface area contributed by atoms with E-state index in [-0.39, 0.29) is 126 Å². The third-order valence-corrected chi connectivity index (χ3v) is 19.2. The molecule has 68 heavy (non-hydrogen) atoms. The maximum absolute atomic E-state index is 14.0. The minimum absolute atomic E-state index is 0.104.